The number of nitrogens with zero attached hydrogens (tertiary/aromatic N) is 4. The Morgan fingerprint density at radius 3 is 2.45 bits per heavy atom. The van der Waals surface area contributed by atoms with Crippen molar-refractivity contribution in [2.75, 3.05) is 5.75 Å². The summed E-state index contributed by atoms with van der Waals surface area (Å²) in [4.78, 5) is 12.8. The van der Waals surface area contributed by atoms with Crippen molar-refractivity contribution in [3.05, 3.63) is 58.7 Å². The van der Waals surface area contributed by atoms with E-state index in [1.807, 2.05) is 43.7 Å². The first-order valence-electron chi connectivity index (χ1n) is 10.7. The first-order valence-corrected chi connectivity index (χ1v) is 11.7. The summed E-state index contributed by atoms with van der Waals surface area (Å²) in [6.45, 7) is 11.6. The molecule has 1 aromatic carbocycles. The van der Waals surface area contributed by atoms with Crippen molar-refractivity contribution in [1.82, 2.24) is 19.3 Å². The molecule has 0 aliphatic heterocycles. The van der Waals surface area contributed by atoms with E-state index in [4.69, 9.17) is 4.74 Å². The molecule has 166 valence electrons. The Morgan fingerprint density at radius 2 is 1.87 bits per heavy atom. The predicted molar refractivity (Wildman–Crippen MR) is 125 cm³/mol. The van der Waals surface area contributed by atoms with Gasteiger partial charge in [-0.25, -0.2) is 0 Å². The molecule has 0 fully saturated rings. The number of aromatic nitrogens is 4. The van der Waals surface area contributed by atoms with E-state index in [9.17, 15) is 4.79 Å². The summed E-state index contributed by atoms with van der Waals surface area (Å²) >= 11 is 1.44. The third-order valence-corrected chi connectivity index (χ3v) is 6.42. The number of ketones is 1. The second-order valence-corrected chi connectivity index (χ2v) is 9.19. The topological polar surface area (TPSA) is 61.9 Å². The zero-order valence-electron chi connectivity index (χ0n) is 19.3. The van der Waals surface area contributed by atoms with E-state index >= 15 is 0 Å². The van der Waals surface area contributed by atoms with Gasteiger partial charge in [0.2, 0.25) is 0 Å². The molecule has 3 aromatic rings. The van der Waals surface area contributed by atoms with Crippen molar-refractivity contribution in [3.63, 3.8) is 0 Å². The van der Waals surface area contributed by atoms with Gasteiger partial charge in [0.15, 0.2) is 16.8 Å². The summed E-state index contributed by atoms with van der Waals surface area (Å²) < 4.78 is 10.1. The molecule has 0 aliphatic rings. The van der Waals surface area contributed by atoms with Gasteiger partial charge in [0.25, 0.3) is 0 Å². The highest BCUT2D eigenvalue weighted by Gasteiger charge is 2.18. The molecule has 6 nitrogen and oxygen atoms in total. The van der Waals surface area contributed by atoms with Crippen LogP contribution in [0.2, 0.25) is 0 Å². The number of hydrogen-bond acceptors (Lipinski definition) is 5. The van der Waals surface area contributed by atoms with E-state index in [-0.39, 0.29) is 5.78 Å². The monoisotopic (exact) mass is 440 g/mol. The molecule has 7 heteroatoms. The number of carbonyl (C=O) groups is 1. The maximum Gasteiger partial charge on any atom is 0.191 e. The molecule has 2 aromatic heterocycles. The molecule has 0 saturated heterocycles. The van der Waals surface area contributed by atoms with E-state index in [2.05, 4.69) is 47.7 Å². The van der Waals surface area contributed by atoms with Crippen LogP contribution in [0.5, 0.6) is 5.75 Å². The van der Waals surface area contributed by atoms with Gasteiger partial charge in [-0.1, -0.05) is 44.7 Å². The van der Waals surface area contributed by atoms with Crippen LogP contribution in [-0.4, -0.2) is 30.9 Å². The highest BCUT2D eigenvalue weighted by molar-refractivity contribution is 7.99. The van der Waals surface area contributed by atoms with Crippen molar-refractivity contribution in [2.45, 2.75) is 59.3 Å². The standard InChI is InChI=1S/C24H32N4O2S/c1-7-19-8-10-20(11-9-19)30-14-23-25-26-24(28(23)13-16(2)3)31-15-22(29)21-12-17(4)27(6)18(21)5/h8-12,16H,7,13-15H2,1-6H3. The fourth-order valence-corrected chi connectivity index (χ4v) is 4.25. The SMILES string of the molecule is CCc1ccc(OCc2nnc(SCC(=O)c3cc(C)n(C)c3C)n2CC(C)C)cc1. The molecular formula is C24H32N4O2S. The van der Waals surface area contributed by atoms with Crippen molar-refractivity contribution < 1.29 is 9.53 Å². The number of carbonyl (C=O) groups excluding carboxylic acids is 1. The molecule has 0 saturated carbocycles. The van der Waals surface area contributed by atoms with Gasteiger partial charge in [-0.3, -0.25) is 4.79 Å². The van der Waals surface area contributed by atoms with E-state index in [1.165, 1.54) is 17.3 Å². The summed E-state index contributed by atoms with van der Waals surface area (Å²) in [6, 6.07) is 10.1. The lowest BCUT2D eigenvalue weighted by atomic mass is 10.2. The summed E-state index contributed by atoms with van der Waals surface area (Å²) in [5.74, 6) is 2.46. The Morgan fingerprint density at radius 1 is 1.16 bits per heavy atom. The van der Waals surface area contributed by atoms with E-state index in [0.29, 0.717) is 18.3 Å². The number of hydrogen-bond donors (Lipinski definition) is 0. The molecule has 0 aliphatic carbocycles. The van der Waals surface area contributed by atoms with E-state index in [1.54, 1.807) is 0 Å². The second-order valence-electron chi connectivity index (χ2n) is 8.25. The number of thioether (sulfide) groups is 1. The van der Waals surface area contributed by atoms with Crippen LogP contribution < -0.4 is 4.74 Å². The zero-order chi connectivity index (χ0) is 22.5. The molecule has 0 N–H and O–H groups in total. The lowest BCUT2D eigenvalue weighted by molar-refractivity contribution is 0.102. The van der Waals surface area contributed by atoms with Crippen LogP contribution >= 0.6 is 11.8 Å². The molecule has 0 atom stereocenters. The normalized spacial score (nSPS) is 11.3. The zero-order valence-corrected chi connectivity index (χ0v) is 20.1. The number of rotatable bonds is 10. The molecule has 0 radical (unpaired) electrons. The van der Waals surface area contributed by atoms with Gasteiger partial charge in [0.05, 0.1) is 5.75 Å². The maximum absolute atomic E-state index is 12.8. The minimum Gasteiger partial charge on any atom is -0.486 e. The van der Waals surface area contributed by atoms with Crippen molar-refractivity contribution >= 4 is 17.5 Å². The third kappa shape index (κ3) is 5.58. The quantitative estimate of drug-likeness (QED) is 0.328. The largest absolute Gasteiger partial charge is 0.486 e. The fraction of sp³-hybridized carbons (Fsp3) is 0.458. The van der Waals surface area contributed by atoms with Gasteiger partial charge < -0.3 is 13.9 Å². The average Bonchev–Trinajstić information content (AvgIpc) is 3.25. The Balaban J connectivity index is 1.70. The smallest absolute Gasteiger partial charge is 0.191 e. The molecule has 0 spiro atoms. The highest BCUT2D eigenvalue weighted by atomic mass is 32.2. The number of aryl methyl sites for hydroxylation is 2. The van der Waals surface area contributed by atoms with Crippen LogP contribution in [0.25, 0.3) is 0 Å². The number of Topliss-reactive ketones (excluding diaryl/α,β-unsaturated/α-hetero) is 1. The molecule has 3 rings (SSSR count). The summed E-state index contributed by atoms with van der Waals surface area (Å²) in [5, 5.41) is 9.47. The second kappa shape index (κ2) is 10.2. The summed E-state index contributed by atoms with van der Waals surface area (Å²) in [6.07, 6.45) is 1.00. The fourth-order valence-electron chi connectivity index (χ4n) is 3.40. The third-order valence-electron chi connectivity index (χ3n) is 5.45. The van der Waals surface area contributed by atoms with Gasteiger partial charge >= 0.3 is 0 Å². The first-order chi connectivity index (χ1) is 14.8. The van der Waals surface area contributed by atoms with Gasteiger partial charge in [-0.2, -0.15) is 0 Å². The Kier molecular flexibility index (Phi) is 7.59. The molecule has 31 heavy (non-hydrogen) atoms. The molecular weight excluding hydrogens is 408 g/mol. The average molecular weight is 441 g/mol. The van der Waals surface area contributed by atoms with Gasteiger partial charge in [0, 0.05) is 30.5 Å². The summed E-state index contributed by atoms with van der Waals surface area (Å²) in [5.41, 5.74) is 4.14. The minimum atomic E-state index is 0.110. The van der Waals surface area contributed by atoms with Crippen LogP contribution in [-0.2, 0) is 26.6 Å². The van der Waals surface area contributed by atoms with Gasteiger partial charge in [-0.05, 0) is 49.9 Å². The van der Waals surface area contributed by atoms with Crippen LogP contribution in [0, 0.1) is 19.8 Å². The minimum absolute atomic E-state index is 0.110. The molecule has 0 amide bonds. The maximum atomic E-state index is 12.8. The van der Waals surface area contributed by atoms with Gasteiger partial charge in [0.1, 0.15) is 12.4 Å². The van der Waals surface area contributed by atoms with Crippen molar-refractivity contribution in [3.8, 4) is 5.75 Å². The highest BCUT2D eigenvalue weighted by Crippen LogP contribution is 2.23. The molecule has 0 unspecified atom stereocenters. The first kappa shape index (κ1) is 23.1. The molecule has 0 bridgehead atoms. The number of benzene rings is 1. The lowest BCUT2D eigenvalue weighted by Crippen LogP contribution is -2.13. The van der Waals surface area contributed by atoms with E-state index < -0.39 is 0 Å². The van der Waals surface area contributed by atoms with Crippen molar-refractivity contribution in [2.24, 2.45) is 13.0 Å². The van der Waals surface area contributed by atoms with Crippen LogP contribution in [0.3, 0.4) is 0 Å². The van der Waals surface area contributed by atoms with E-state index in [0.717, 1.165) is 46.6 Å². The molecule has 2 heterocycles. The Hall–Kier alpha value is -2.54. The van der Waals surface area contributed by atoms with Crippen LogP contribution in [0.15, 0.2) is 35.5 Å². The Labute approximate surface area is 189 Å². The Bertz CT molecular complexity index is 1030. The predicted octanol–water partition coefficient (Wildman–Crippen LogP) is 5.01. The number of ether oxygens (including phenoxy) is 1. The van der Waals surface area contributed by atoms with Gasteiger partial charge in [-0.15, -0.1) is 10.2 Å². The summed E-state index contributed by atoms with van der Waals surface area (Å²) in [7, 11) is 1.98. The van der Waals surface area contributed by atoms with Crippen molar-refractivity contribution in [1.29, 1.82) is 0 Å². The van der Waals surface area contributed by atoms with Crippen LogP contribution in [0.1, 0.15) is 53.9 Å². The lowest BCUT2D eigenvalue weighted by Gasteiger charge is -2.13. The van der Waals surface area contributed by atoms with Crippen LogP contribution in [0.4, 0.5) is 0 Å².